The zero-order valence-corrected chi connectivity index (χ0v) is 36.7. The highest BCUT2D eigenvalue weighted by molar-refractivity contribution is 6.08. The molecule has 0 bridgehead atoms. The second kappa shape index (κ2) is 18.6. The number of halogens is 1. The van der Waals surface area contributed by atoms with Gasteiger partial charge in [-0.1, -0.05) is 52.8 Å². The molecule has 13 nitrogen and oxygen atoms in total. The Bertz CT molecular complexity index is 1820. The van der Waals surface area contributed by atoms with Gasteiger partial charge in [0.2, 0.25) is 0 Å². The van der Waals surface area contributed by atoms with E-state index in [9.17, 15) is 24.3 Å². The normalized spacial score (nSPS) is 37.6. The molecule has 13 atom stereocenters. The summed E-state index contributed by atoms with van der Waals surface area (Å²) in [6.45, 7) is 13.1. The average Bonchev–Trinajstić information content (AvgIpc) is 3.50. The summed E-state index contributed by atoms with van der Waals surface area (Å²) in [5.41, 5.74) is -4.09. The van der Waals surface area contributed by atoms with Crippen LogP contribution in [0.2, 0.25) is 0 Å². The molecule has 1 aromatic carbocycles. The van der Waals surface area contributed by atoms with Crippen LogP contribution in [0.1, 0.15) is 99.5 Å². The molecule has 328 valence electrons. The third-order valence-corrected chi connectivity index (χ3v) is 13.4. The van der Waals surface area contributed by atoms with Gasteiger partial charge in [-0.25, -0.2) is 14.0 Å². The number of unbranched alkanes of at least 4 members (excludes halogenated alkanes) is 1. The van der Waals surface area contributed by atoms with Crippen LogP contribution in [0.25, 0.3) is 10.9 Å². The molecule has 2 aromatic rings. The number of aliphatic hydroxyl groups is 1. The Morgan fingerprint density at radius 1 is 1.02 bits per heavy atom. The molecule has 1 aromatic heterocycles. The van der Waals surface area contributed by atoms with Crippen LogP contribution in [0.4, 0.5) is 9.18 Å². The zero-order valence-electron chi connectivity index (χ0n) is 36.7. The second-order valence-electron chi connectivity index (χ2n) is 17.7. The molecule has 14 heteroatoms. The van der Waals surface area contributed by atoms with Crippen molar-refractivity contribution in [2.24, 2.45) is 17.8 Å². The largest absolute Gasteiger partial charge is 0.455 e. The number of aryl methyl sites for hydroxylation is 1. The van der Waals surface area contributed by atoms with Crippen LogP contribution in [-0.2, 0) is 44.5 Å². The number of aliphatic hydroxyl groups excluding tert-OH is 1. The van der Waals surface area contributed by atoms with E-state index in [-0.39, 0.29) is 43.7 Å². The van der Waals surface area contributed by atoms with E-state index in [1.807, 2.05) is 56.3 Å². The van der Waals surface area contributed by atoms with Gasteiger partial charge in [0.25, 0.3) is 5.67 Å². The Balaban J connectivity index is 1.53. The van der Waals surface area contributed by atoms with E-state index < -0.39 is 83.1 Å². The van der Waals surface area contributed by atoms with Crippen LogP contribution < -0.4 is 0 Å². The highest BCUT2D eigenvalue weighted by atomic mass is 19.1. The van der Waals surface area contributed by atoms with Crippen molar-refractivity contribution in [2.75, 3.05) is 27.7 Å². The number of benzene rings is 1. The zero-order chi connectivity index (χ0) is 43.6. The minimum absolute atomic E-state index is 0.0207. The first kappa shape index (κ1) is 46.5. The monoisotopic (exact) mass is 827 g/mol. The lowest BCUT2D eigenvalue weighted by Gasteiger charge is -2.48. The number of alkyl halides is 1. The number of esters is 1. The number of amides is 1. The van der Waals surface area contributed by atoms with Crippen molar-refractivity contribution >= 4 is 34.5 Å². The van der Waals surface area contributed by atoms with Crippen molar-refractivity contribution < 1.29 is 52.4 Å². The lowest BCUT2D eigenvalue weighted by Crippen LogP contribution is -2.62. The number of aromatic nitrogens is 1. The summed E-state index contributed by atoms with van der Waals surface area (Å²) in [5.74, 6) is -5.65. The Hall–Kier alpha value is -3.56. The van der Waals surface area contributed by atoms with E-state index >= 15 is 4.39 Å². The van der Waals surface area contributed by atoms with E-state index in [2.05, 4.69) is 4.98 Å². The fraction of sp³-hybridized carbons (Fsp3) is 0.711. The first-order valence-corrected chi connectivity index (χ1v) is 21.3. The molecule has 3 aliphatic rings. The number of fused-ring (bicyclic) bond motifs is 2. The third-order valence-electron chi connectivity index (χ3n) is 13.4. The van der Waals surface area contributed by atoms with E-state index in [4.69, 9.17) is 23.7 Å². The number of ether oxygens (including phenoxy) is 5. The second-order valence-corrected chi connectivity index (χ2v) is 17.7. The quantitative estimate of drug-likeness (QED) is 0.155. The molecule has 1 N–H and O–H groups in total. The molecule has 0 saturated carbocycles. The molecule has 3 aliphatic heterocycles. The van der Waals surface area contributed by atoms with Gasteiger partial charge in [-0.3, -0.25) is 14.6 Å². The molecule has 0 spiro atoms. The number of pyridine rings is 1. The molecule has 3 saturated heterocycles. The van der Waals surface area contributed by atoms with Gasteiger partial charge in [0.1, 0.15) is 18.0 Å². The third kappa shape index (κ3) is 9.07. The maximum absolute atomic E-state index is 17.0. The standard InChI is InChI=1S/C45H66FN3O10/c1-12-34-45(13-2)37(49(42(54)59-45)23-17-16-18-30-21-22-47-32-20-15-14-19-31(30)32)28(5)35(50)26(3)25-43(7,55-11)39(29(6)38(51)44(8,46)41(53)57-34)58-36-33(48(9)10)24-27(4)56-40(36)52/h14-15,19-22,26-29,33-34,36-37,39-40,52H,12-13,16-18,23-25H2,1-11H3/t26-,27-,28+,29+,33+,34-,36-,37-,39-,40?,43+,44+,45-/m1/s1. The van der Waals surface area contributed by atoms with Crippen molar-refractivity contribution in [3.8, 4) is 0 Å². The average molecular weight is 828 g/mol. The Morgan fingerprint density at radius 2 is 1.71 bits per heavy atom. The number of nitrogens with zero attached hydrogens (tertiary/aromatic N) is 3. The molecule has 1 amide bonds. The first-order valence-electron chi connectivity index (χ1n) is 21.3. The van der Waals surface area contributed by atoms with Crippen molar-refractivity contribution in [3.63, 3.8) is 0 Å². The molecule has 0 aliphatic carbocycles. The van der Waals surface area contributed by atoms with Gasteiger partial charge in [0, 0.05) is 49.0 Å². The minimum atomic E-state index is -3.17. The summed E-state index contributed by atoms with van der Waals surface area (Å²) in [4.78, 5) is 65.2. The fourth-order valence-corrected chi connectivity index (χ4v) is 10.0. The number of ketones is 2. The lowest BCUT2D eigenvalue weighted by molar-refractivity contribution is -0.276. The molecule has 5 rings (SSSR count). The van der Waals surface area contributed by atoms with E-state index in [1.54, 1.807) is 45.7 Å². The first-order chi connectivity index (χ1) is 27.8. The molecule has 0 radical (unpaired) electrons. The molecule has 59 heavy (non-hydrogen) atoms. The van der Waals surface area contributed by atoms with Crippen molar-refractivity contribution in [2.45, 2.75) is 160 Å². The van der Waals surface area contributed by atoms with E-state index in [0.29, 0.717) is 12.8 Å². The fourth-order valence-electron chi connectivity index (χ4n) is 10.0. The predicted octanol–water partition coefficient (Wildman–Crippen LogP) is 6.24. The van der Waals surface area contributed by atoms with Gasteiger partial charge < -0.3 is 38.6 Å². The maximum Gasteiger partial charge on any atom is 0.410 e. The molecular formula is C45H66FN3O10. The van der Waals surface area contributed by atoms with Crippen LogP contribution in [0.3, 0.4) is 0 Å². The summed E-state index contributed by atoms with van der Waals surface area (Å²) in [7, 11) is 5.10. The summed E-state index contributed by atoms with van der Waals surface area (Å²) in [5, 5.41) is 12.3. The van der Waals surface area contributed by atoms with Gasteiger partial charge in [-0.15, -0.1) is 0 Å². The number of carbonyl (C=O) groups excluding carboxylic acids is 4. The number of methoxy groups -OCH3 is 1. The van der Waals surface area contributed by atoms with Crippen LogP contribution in [-0.4, -0.2) is 131 Å². The van der Waals surface area contributed by atoms with Crippen LogP contribution in [0.15, 0.2) is 36.5 Å². The summed E-state index contributed by atoms with van der Waals surface area (Å²) >= 11 is 0. The van der Waals surface area contributed by atoms with Crippen LogP contribution in [0.5, 0.6) is 0 Å². The van der Waals surface area contributed by atoms with Crippen LogP contribution in [0, 0.1) is 17.8 Å². The van der Waals surface area contributed by atoms with Gasteiger partial charge in [0.05, 0.1) is 29.4 Å². The Kier molecular flexibility index (Phi) is 14.7. The van der Waals surface area contributed by atoms with Gasteiger partial charge >= 0.3 is 12.1 Å². The van der Waals surface area contributed by atoms with Gasteiger partial charge in [0.15, 0.2) is 17.7 Å². The number of carbonyl (C=O) groups is 4. The Labute approximate surface area is 348 Å². The number of rotatable bonds is 11. The molecule has 1 unspecified atom stereocenters. The van der Waals surface area contributed by atoms with Crippen molar-refractivity contribution in [3.05, 3.63) is 42.1 Å². The molecule has 4 heterocycles. The van der Waals surface area contributed by atoms with Gasteiger partial charge in [-0.05, 0) is 97.5 Å². The predicted molar refractivity (Wildman–Crippen MR) is 219 cm³/mol. The summed E-state index contributed by atoms with van der Waals surface area (Å²) in [6.07, 6.45) is -1.22. The summed E-state index contributed by atoms with van der Waals surface area (Å²) in [6, 6.07) is 8.66. The number of hydrogen-bond acceptors (Lipinski definition) is 12. The number of para-hydroxylation sites is 1. The molecule has 3 fully saturated rings. The smallest absolute Gasteiger partial charge is 0.410 e. The maximum atomic E-state index is 17.0. The number of cyclic esters (lactones) is 1. The lowest BCUT2D eigenvalue weighted by atomic mass is 9.72. The SMILES string of the molecule is CC[C@H]1OC(=O)[C@@](C)(F)C(=O)[C@H](C)[C@@H](O[C@H]2C(O)O[C@H](C)C[C@@H]2N(C)C)[C@@](C)(OC)C[C@@H](C)C(=O)[C@H](C)[C@H]2N(CCCCc3ccnc4ccccc34)C(=O)O[C@]12CC. The Morgan fingerprint density at radius 3 is 2.36 bits per heavy atom. The summed E-state index contributed by atoms with van der Waals surface area (Å²) < 4.78 is 47.8. The van der Waals surface area contributed by atoms with E-state index in [1.165, 1.54) is 14.0 Å². The number of Topliss-reactive ketones (excluding diaryl/α,β-unsaturated/α-hetero) is 2. The van der Waals surface area contributed by atoms with Crippen molar-refractivity contribution in [1.29, 1.82) is 0 Å². The highest BCUT2D eigenvalue weighted by Gasteiger charge is 2.63. The number of hydrogen-bond donors (Lipinski definition) is 1. The topological polar surface area (TPSA) is 154 Å². The van der Waals surface area contributed by atoms with E-state index in [0.717, 1.165) is 36.2 Å². The van der Waals surface area contributed by atoms with Crippen LogP contribution >= 0.6 is 0 Å². The molecular weight excluding hydrogens is 762 g/mol. The highest BCUT2D eigenvalue weighted by Crippen LogP contribution is 2.45. The van der Waals surface area contributed by atoms with Crippen molar-refractivity contribution in [1.82, 2.24) is 14.8 Å². The minimum Gasteiger partial charge on any atom is -0.455 e. The number of likely N-dealkylation sites (N-methyl/N-ethyl adjacent to an activating group) is 1. The van der Waals surface area contributed by atoms with Gasteiger partial charge in [-0.2, -0.15) is 0 Å².